The van der Waals surface area contributed by atoms with Crippen LogP contribution in [0.5, 0.6) is 0 Å². The molecule has 1 aliphatic carbocycles. The van der Waals surface area contributed by atoms with Gasteiger partial charge in [-0.2, -0.15) is 13.2 Å². The van der Waals surface area contributed by atoms with E-state index in [1.54, 1.807) is 0 Å². The molecule has 1 saturated carbocycles. The molecule has 110 valence electrons. The summed E-state index contributed by atoms with van der Waals surface area (Å²) < 4.78 is 31.7. The van der Waals surface area contributed by atoms with Crippen molar-refractivity contribution in [1.29, 1.82) is 0 Å². The summed E-state index contributed by atoms with van der Waals surface area (Å²) in [6.45, 7) is 0.614. The van der Waals surface area contributed by atoms with Crippen molar-refractivity contribution in [3.63, 3.8) is 0 Å². The molecule has 0 aromatic carbocycles. The van der Waals surface area contributed by atoms with Gasteiger partial charge in [-0.1, -0.05) is 12.8 Å². The first-order valence-corrected chi connectivity index (χ1v) is 6.02. The first-order chi connectivity index (χ1) is 8.71. The molecule has 0 radical (unpaired) electrons. The highest BCUT2D eigenvalue weighted by Gasteiger charge is 2.46. The van der Waals surface area contributed by atoms with Crippen LogP contribution in [0.1, 0.15) is 32.1 Å². The molecule has 2 rings (SSSR count). The maximum atomic E-state index is 11.2. The second-order valence-corrected chi connectivity index (χ2v) is 4.86. The van der Waals surface area contributed by atoms with Crippen molar-refractivity contribution in [2.75, 3.05) is 6.54 Å². The van der Waals surface area contributed by atoms with Gasteiger partial charge in [-0.3, -0.25) is 4.79 Å². The van der Waals surface area contributed by atoms with Crippen LogP contribution in [0.3, 0.4) is 0 Å². The maximum Gasteiger partial charge on any atom is 0.490 e. The minimum absolute atomic E-state index is 0.0185. The molecule has 2 fully saturated rings. The van der Waals surface area contributed by atoms with Gasteiger partial charge >= 0.3 is 12.1 Å². The number of alkyl halides is 3. The molecular weight excluding hydrogens is 265 g/mol. The summed E-state index contributed by atoms with van der Waals surface area (Å²) >= 11 is 0. The van der Waals surface area contributed by atoms with Crippen molar-refractivity contribution >= 4 is 11.9 Å². The number of fused-ring (bicyclic) bond motifs is 1. The second-order valence-electron chi connectivity index (χ2n) is 4.86. The highest BCUT2D eigenvalue weighted by molar-refractivity contribution is 5.80. The lowest BCUT2D eigenvalue weighted by atomic mass is 9.74. The van der Waals surface area contributed by atoms with Crippen molar-refractivity contribution in [2.24, 2.45) is 11.7 Å². The number of rotatable bonds is 1. The zero-order chi connectivity index (χ0) is 14.7. The Balaban J connectivity index is 0.000000224. The summed E-state index contributed by atoms with van der Waals surface area (Å²) in [5.41, 5.74) is 5.71. The number of carbonyl (C=O) groups is 2. The van der Waals surface area contributed by atoms with E-state index < -0.39 is 12.1 Å². The van der Waals surface area contributed by atoms with E-state index in [4.69, 9.17) is 15.6 Å². The quantitative estimate of drug-likeness (QED) is 0.669. The number of amides is 1. The van der Waals surface area contributed by atoms with Gasteiger partial charge in [0.05, 0.1) is 5.54 Å². The van der Waals surface area contributed by atoms with Gasteiger partial charge in [-0.15, -0.1) is 0 Å². The van der Waals surface area contributed by atoms with Crippen molar-refractivity contribution in [3.8, 4) is 0 Å². The molecule has 2 atom stereocenters. The predicted molar refractivity (Wildman–Crippen MR) is 60.2 cm³/mol. The predicted octanol–water partition coefficient (Wildman–Crippen LogP) is 1.03. The number of halogens is 3. The Morgan fingerprint density at radius 2 is 2.05 bits per heavy atom. The molecule has 0 unspecified atom stereocenters. The lowest BCUT2D eigenvalue weighted by molar-refractivity contribution is -0.192. The largest absolute Gasteiger partial charge is 0.490 e. The summed E-state index contributed by atoms with van der Waals surface area (Å²) in [7, 11) is 0. The molecule has 2 aliphatic rings. The van der Waals surface area contributed by atoms with Crippen molar-refractivity contribution in [1.82, 2.24) is 5.32 Å². The van der Waals surface area contributed by atoms with Gasteiger partial charge in [0.25, 0.3) is 0 Å². The van der Waals surface area contributed by atoms with E-state index in [1.807, 2.05) is 0 Å². The van der Waals surface area contributed by atoms with E-state index >= 15 is 0 Å². The Bertz CT molecular complexity index is 360. The number of aliphatic carboxylic acids is 1. The molecule has 0 aromatic rings. The topological polar surface area (TPSA) is 92.4 Å². The van der Waals surface area contributed by atoms with Crippen LogP contribution in [-0.2, 0) is 9.59 Å². The fraction of sp³-hybridized carbons (Fsp3) is 0.818. The third kappa shape index (κ3) is 3.82. The van der Waals surface area contributed by atoms with E-state index in [0.29, 0.717) is 18.9 Å². The van der Waals surface area contributed by atoms with Crippen LogP contribution >= 0.6 is 0 Å². The van der Waals surface area contributed by atoms with Crippen LogP contribution in [0.25, 0.3) is 0 Å². The fourth-order valence-electron chi connectivity index (χ4n) is 2.65. The smallest absolute Gasteiger partial charge is 0.475 e. The zero-order valence-corrected chi connectivity index (χ0v) is 10.3. The Morgan fingerprint density at radius 3 is 2.47 bits per heavy atom. The average molecular weight is 282 g/mol. The SMILES string of the molecule is NC[C@]12CCCC[C@H]1CC(=O)N2.O=C(O)C(F)(F)F. The summed E-state index contributed by atoms with van der Waals surface area (Å²) in [4.78, 5) is 20.1. The van der Waals surface area contributed by atoms with Gasteiger partial charge in [0.1, 0.15) is 0 Å². The first-order valence-electron chi connectivity index (χ1n) is 6.02. The first kappa shape index (κ1) is 15.7. The molecule has 1 heterocycles. The summed E-state index contributed by atoms with van der Waals surface area (Å²) in [5, 5.41) is 10.2. The molecular formula is C11H17F3N2O3. The van der Waals surface area contributed by atoms with Crippen LogP contribution in [0.4, 0.5) is 13.2 Å². The Kier molecular flexibility index (Phi) is 4.78. The number of nitrogens with one attached hydrogen (secondary N) is 1. The normalized spacial score (nSPS) is 29.9. The average Bonchev–Trinajstić information content (AvgIpc) is 2.65. The maximum absolute atomic E-state index is 11.2. The number of carboxylic acid groups (broad SMARTS) is 1. The van der Waals surface area contributed by atoms with E-state index in [-0.39, 0.29) is 11.4 Å². The van der Waals surface area contributed by atoms with E-state index in [0.717, 1.165) is 6.42 Å². The van der Waals surface area contributed by atoms with E-state index in [1.165, 1.54) is 19.3 Å². The Hall–Kier alpha value is -1.31. The van der Waals surface area contributed by atoms with Crippen molar-refractivity contribution in [2.45, 2.75) is 43.8 Å². The number of nitrogens with two attached hydrogens (primary N) is 1. The minimum Gasteiger partial charge on any atom is -0.475 e. The standard InChI is InChI=1S/C9H16N2O.C2HF3O2/c10-6-9-4-2-1-3-7(9)5-8(12)11-9;3-2(4,5)1(6)7/h7H,1-6,10H2,(H,11,12);(H,6,7)/t7-,9+;/m0./s1. The lowest BCUT2D eigenvalue weighted by Crippen LogP contribution is -2.53. The van der Waals surface area contributed by atoms with E-state index in [2.05, 4.69) is 5.32 Å². The number of hydrogen-bond acceptors (Lipinski definition) is 3. The second kappa shape index (κ2) is 5.77. The molecule has 0 spiro atoms. The molecule has 1 aliphatic heterocycles. The third-order valence-electron chi connectivity index (χ3n) is 3.63. The van der Waals surface area contributed by atoms with Gasteiger partial charge in [0, 0.05) is 13.0 Å². The fourth-order valence-corrected chi connectivity index (χ4v) is 2.65. The van der Waals surface area contributed by atoms with Gasteiger partial charge in [0.2, 0.25) is 5.91 Å². The molecule has 8 heteroatoms. The zero-order valence-electron chi connectivity index (χ0n) is 10.3. The third-order valence-corrected chi connectivity index (χ3v) is 3.63. The lowest BCUT2D eigenvalue weighted by Gasteiger charge is -2.37. The summed E-state index contributed by atoms with van der Waals surface area (Å²) in [6.07, 6.45) is 0.363. The monoisotopic (exact) mass is 282 g/mol. The van der Waals surface area contributed by atoms with Crippen LogP contribution in [0.15, 0.2) is 0 Å². The number of hydrogen-bond donors (Lipinski definition) is 3. The molecule has 0 bridgehead atoms. The van der Waals surface area contributed by atoms with Gasteiger partial charge in [0.15, 0.2) is 0 Å². The van der Waals surface area contributed by atoms with Crippen LogP contribution < -0.4 is 11.1 Å². The van der Waals surface area contributed by atoms with Gasteiger partial charge in [-0.05, 0) is 18.8 Å². The number of carbonyl (C=O) groups excluding carboxylic acids is 1. The minimum atomic E-state index is -5.08. The molecule has 5 nitrogen and oxygen atoms in total. The van der Waals surface area contributed by atoms with Crippen LogP contribution in [0, 0.1) is 5.92 Å². The van der Waals surface area contributed by atoms with Crippen LogP contribution in [-0.4, -0.2) is 35.2 Å². The Labute approximate surface area is 108 Å². The molecule has 1 saturated heterocycles. The molecule has 4 N–H and O–H groups in total. The molecule has 0 aromatic heterocycles. The Morgan fingerprint density at radius 1 is 1.47 bits per heavy atom. The van der Waals surface area contributed by atoms with Crippen molar-refractivity contribution in [3.05, 3.63) is 0 Å². The molecule has 19 heavy (non-hydrogen) atoms. The summed E-state index contributed by atoms with van der Waals surface area (Å²) in [6, 6.07) is 0. The van der Waals surface area contributed by atoms with Gasteiger partial charge < -0.3 is 16.2 Å². The van der Waals surface area contributed by atoms with Crippen molar-refractivity contribution < 1.29 is 27.9 Å². The highest BCUT2D eigenvalue weighted by atomic mass is 19.4. The number of carboxylic acids is 1. The highest BCUT2D eigenvalue weighted by Crippen LogP contribution is 2.39. The van der Waals surface area contributed by atoms with E-state index in [9.17, 15) is 18.0 Å². The molecule has 1 amide bonds. The van der Waals surface area contributed by atoms with Crippen LogP contribution in [0.2, 0.25) is 0 Å². The summed E-state index contributed by atoms with van der Waals surface area (Å²) in [5.74, 6) is -2.04. The van der Waals surface area contributed by atoms with Gasteiger partial charge in [-0.25, -0.2) is 4.79 Å².